The van der Waals surface area contributed by atoms with E-state index in [0.717, 1.165) is 4.88 Å². The van der Waals surface area contributed by atoms with Crippen LogP contribution in [0.25, 0.3) is 0 Å². The molecule has 0 aliphatic carbocycles. The number of alkyl halides is 1. The fourth-order valence-electron chi connectivity index (χ4n) is 1.92. The van der Waals surface area contributed by atoms with Crippen LogP contribution in [0.5, 0.6) is 0 Å². The lowest BCUT2D eigenvalue weighted by Gasteiger charge is -2.35. The molecule has 0 unspecified atom stereocenters. The molecule has 1 aromatic heterocycles. The van der Waals surface area contributed by atoms with Crippen molar-refractivity contribution in [3.05, 3.63) is 17.0 Å². The Balaban J connectivity index is 2.21. The molecule has 2 rings (SSSR count). The first kappa shape index (κ1) is 14.3. The predicted octanol–water partition coefficient (Wildman–Crippen LogP) is 2.12. The van der Waals surface area contributed by atoms with Gasteiger partial charge < -0.3 is 4.74 Å². The molecule has 1 saturated heterocycles. The molecule has 1 aliphatic rings. The van der Waals surface area contributed by atoms with Crippen molar-refractivity contribution in [2.24, 2.45) is 0 Å². The molecule has 18 heavy (non-hydrogen) atoms. The quantitative estimate of drug-likeness (QED) is 0.867. The zero-order valence-corrected chi connectivity index (χ0v) is 12.5. The Hall–Kier alpha value is -0.140. The van der Waals surface area contributed by atoms with E-state index < -0.39 is 15.6 Å². The molecule has 1 aromatic rings. The Morgan fingerprint density at radius 2 is 2.11 bits per heavy atom. The molecule has 0 bridgehead atoms. The highest BCUT2D eigenvalue weighted by Gasteiger charge is 2.36. The first-order valence-electron chi connectivity index (χ1n) is 5.72. The van der Waals surface area contributed by atoms with Gasteiger partial charge in [-0.15, -0.1) is 22.9 Å². The minimum absolute atomic E-state index is 0.264. The van der Waals surface area contributed by atoms with Crippen LogP contribution in [0.1, 0.15) is 17.7 Å². The SMILES string of the molecule is Cc1ccc(S(=O)(=O)NC2(CCl)CCOCC2)s1. The molecule has 1 fully saturated rings. The molecule has 0 saturated carbocycles. The van der Waals surface area contributed by atoms with Crippen molar-refractivity contribution >= 4 is 33.0 Å². The third-order valence-corrected chi connectivity index (χ3v) is 6.62. The van der Waals surface area contributed by atoms with Crippen LogP contribution in [0.4, 0.5) is 0 Å². The molecular formula is C11H16ClNO3S2. The van der Waals surface area contributed by atoms with Crippen molar-refractivity contribution < 1.29 is 13.2 Å². The fraction of sp³-hybridized carbons (Fsp3) is 0.636. The molecular weight excluding hydrogens is 294 g/mol. The second-order valence-corrected chi connectivity index (χ2v) is 7.96. The van der Waals surface area contributed by atoms with E-state index in [9.17, 15) is 8.42 Å². The van der Waals surface area contributed by atoms with Crippen LogP contribution in [0.3, 0.4) is 0 Å². The summed E-state index contributed by atoms with van der Waals surface area (Å²) in [4.78, 5) is 0.974. The smallest absolute Gasteiger partial charge is 0.250 e. The van der Waals surface area contributed by atoms with Crippen LogP contribution in [0, 0.1) is 6.92 Å². The number of hydrogen-bond donors (Lipinski definition) is 1. The maximum absolute atomic E-state index is 12.3. The molecule has 7 heteroatoms. The molecule has 0 spiro atoms. The molecule has 1 N–H and O–H groups in total. The molecule has 0 radical (unpaired) electrons. The Morgan fingerprint density at radius 3 is 2.61 bits per heavy atom. The van der Waals surface area contributed by atoms with E-state index >= 15 is 0 Å². The lowest BCUT2D eigenvalue weighted by atomic mass is 9.94. The van der Waals surface area contributed by atoms with Gasteiger partial charge >= 0.3 is 0 Å². The second kappa shape index (κ2) is 5.46. The van der Waals surface area contributed by atoms with Gasteiger partial charge in [-0.1, -0.05) is 0 Å². The minimum atomic E-state index is -3.48. The fourth-order valence-corrected chi connectivity index (χ4v) is 5.07. The lowest BCUT2D eigenvalue weighted by Crippen LogP contribution is -2.53. The van der Waals surface area contributed by atoms with Crippen LogP contribution in [0.2, 0.25) is 0 Å². The standard InChI is InChI=1S/C11H16ClNO3S2/c1-9-2-3-10(17-9)18(14,15)13-11(8-12)4-6-16-7-5-11/h2-3,13H,4-8H2,1H3. The summed E-state index contributed by atoms with van der Waals surface area (Å²) >= 11 is 7.22. The second-order valence-electron chi connectivity index (χ2n) is 4.50. The van der Waals surface area contributed by atoms with Crippen molar-refractivity contribution in [3.8, 4) is 0 Å². The average Bonchev–Trinajstić information content (AvgIpc) is 2.77. The average molecular weight is 310 g/mol. The molecule has 2 heterocycles. The van der Waals surface area contributed by atoms with E-state index in [1.807, 2.05) is 6.92 Å². The van der Waals surface area contributed by atoms with Gasteiger partial charge in [-0.2, -0.15) is 0 Å². The summed E-state index contributed by atoms with van der Waals surface area (Å²) < 4.78 is 32.9. The van der Waals surface area contributed by atoms with Gasteiger partial charge in [0.05, 0.1) is 5.54 Å². The summed E-state index contributed by atoms with van der Waals surface area (Å²) in [6.45, 7) is 2.97. The molecule has 1 aliphatic heterocycles. The van der Waals surface area contributed by atoms with E-state index in [1.165, 1.54) is 11.3 Å². The predicted molar refractivity (Wildman–Crippen MR) is 72.9 cm³/mol. The van der Waals surface area contributed by atoms with Gasteiger partial charge in [-0.25, -0.2) is 13.1 Å². The zero-order chi connectivity index (χ0) is 13.2. The lowest BCUT2D eigenvalue weighted by molar-refractivity contribution is 0.0549. The van der Waals surface area contributed by atoms with Crippen molar-refractivity contribution in [3.63, 3.8) is 0 Å². The summed E-state index contributed by atoms with van der Waals surface area (Å²) in [7, 11) is -3.48. The summed E-state index contributed by atoms with van der Waals surface area (Å²) in [5.74, 6) is 0.264. The summed E-state index contributed by atoms with van der Waals surface area (Å²) in [5.41, 5.74) is -0.573. The molecule has 0 amide bonds. The number of nitrogens with one attached hydrogen (secondary N) is 1. The first-order chi connectivity index (χ1) is 8.47. The van der Waals surface area contributed by atoms with Crippen LogP contribution >= 0.6 is 22.9 Å². The third kappa shape index (κ3) is 3.05. The number of hydrogen-bond acceptors (Lipinski definition) is 4. The van der Waals surface area contributed by atoms with Gasteiger partial charge in [0.25, 0.3) is 10.0 Å². The van der Waals surface area contributed by atoms with Gasteiger partial charge in [-0.05, 0) is 31.9 Å². The number of rotatable bonds is 4. The van der Waals surface area contributed by atoms with E-state index in [1.54, 1.807) is 12.1 Å². The molecule has 4 nitrogen and oxygen atoms in total. The summed E-state index contributed by atoms with van der Waals surface area (Å²) in [6.07, 6.45) is 1.22. The number of aryl methyl sites for hydroxylation is 1. The Labute approximate surface area is 116 Å². The largest absolute Gasteiger partial charge is 0.381 e. The highest BCUT2D eigenvalue weighted by molar-refractivity contribution is 7.91. The zero-order valence-electron chi connectivity index (χ0n) is 10.1. The van der Waals surface area contributed by atoms with E-state index in [4.69, 9.17) is 16.3 Å². The van der Waals surface area contributed by atoms with Gasteiger partial charge in [0.2, 0.25) is 0 Å². The molecule has 0 atom stereocenters. The van der Waals surface area contributed by atoms with Crippen molar-refractivity contribution in [1.29, 1.82) is 0 Å². The minimum Gasteiger partial charge on any atom is -0.381 e. The number of sulfonamides is 1. The monoisotopic (exact) mass is 309 g/mol. The molecule has 102 valence electrons. The van der Waals surface area contributed by atoms with Crippen LogP contribution in [-0.4, -0.2) is 33.1 Å². The highest BCUT2D eigenvalue weighted by Crippen LogP contribution is 2.27. The van der Waals surface area contributed by atoms with Crippen LogP contribution in [0.15, 0.2) is 16.3 Å². The van der Waals surface area contributed by atoms with E-state index in [0.29, 0.717) is 30.3 Å². The van der Waals surface area contributed by atoms with Gasteiger partial charge in [-0.3, -0.25) is 0 Å². The number of thiophene rings is 1. The highest BCUT2D eigenvalue weighted by atomic mass is 35.5. The first-order valence-corrected chi connectivity index (χ1v) is 8.55. The van der Waals surface area contributed by atoms with Gasteiger partial charge in [0, 0.05) is 24.0 Å². The Kier molecular flexibility index (Phi) is 4.33. The van der Waals surface area contributed by atoms with Crippen molar-refractivity contribution in [2.75, 3.05) is 19.1 Å². The van der Waals surface area contributed by atoms with E-state index in [2.05, 4.69) is 4.72 Å². The molecule has 0 aromatic carbocycles. The van der Waals surface area contributed by atoms with Crippen LogP contribution < -0.4 is 4.72 Å². The third-order valence-electron chi connectivity index (χ3n) is 3.04. The van der Waals surface area contributed by atoms with Crippen molar-refractivity contribution in [1.82, 2.24) is 4.72 Å². The Morgan fingerprint density at radius 1 is 1.44 bits per heavy atom. The maximum atomic E-state index is 12.3. The van der Waals surface area contributed by atoms with Crippen LogP contribution in [-0.2, 0) is 14.8 Å². The van der Waals surface area contributed by atoms with Crippen molar-refractivity contribution in [2.45, 2.75) is 29.5 Å². The van der Waals surface area contributed by atoms with Gasteiger partial charge in [0.1, 0.15) is 4.21 Å². The van der Waals surface area contributed by atoms with Gasteiger partial charge in [0.15, 0.2) is 0 Å². The summed E-state index contributed by atoms with van der Waals surface area (Å²) in [5, 5.41) is 0. The summed E-state index contributed by atoms with van der Waals surface area (Å²) in [6, 6.07) is 3.43. The number of ether oxygens (including phenoxy) is 1. The Bertz CT molecular complexity index is 506. The number of halogens is 1. The normalized spacial score (nSPS) is 19.9. The topological polar surface area (TPSA) is 55.4 Å². The van der Waals surface area contributed by atoms with E-state index in [-0.39, 0.29) is 5.88 Å². The maximum Gasteiger partial charge on any atom is 0.250 e.